The number of carbonyl (C=O) groups excluding carboxylic acids is 1. The molecule has 1 unspecified atom stereocenters. The molecule has 0 saturated heterocycles. The van der Waals surface area contributed by atoms with Gasteiger partial charge in [-0.1, -0.05) is 47.7 Å². The topological polar surface area (TPSA) is 92.9 Å². The number of hydrogen-bond acceptors (Lipinski definition) is 6. The molecule has 9 heteroatoms. The largest absolute Gasteiger partial charge is 0.507 e. The predicted molar refractivity (Wildman–Crippen MR) is 153 cm³/mol. The van der Waals surface area contributed by atoms with Gasteiger partial charge in [-0.05, 0) is 83.1 Å². The maximum atomic E-state index is 13.8. The zero-order chi connectivity index (χ0) is 26.1. The average Bonchev–Trinajstić information content (AvgIpc) is 3.20. The normalized spacial score (nSPS) is 15.2. The third-order valence-electron chi connectivity index (χ3n) is 5.98. The predicted octanol–water partition coefficient (Wildman–Crippen LogP) is 4.19. The second-order valence-electron chi connectivity index (χ2n) is 8.39. The van der Waals surface area contributed by atoms with Gasteiger partial charge in [-0.25, -0.2) is 4.99 Å². The average molecular weight is 623 g/mol. The maximum Gasteiger partial charge on any atom is 0.271 e. The fraction of sp³-hybridized carbons (Fsp3) is 0.107. The Morgan fingerprint density at radius 2 is 1.92 bits per heavy atom. The Morgan fingerprint density at radius 1 is 1.14 bits per heavy atom. The van der Waals surface area contributed by atoms with Gasteiger partial charge in [0.05, 0.1) is 32.5 Å². The molecule has 1 amide bonds. The van der Waals surface area contributed by atoms with Crippen molar-refractivity contribution in [1.82, 2.24) is 4.57 Å². The summed E-state index contributed by atoms with van der Waals surface area (Å²) in [7, 11) is 1.58. The number of fused-ring (bicyclic) bond motifs is 1. The molecule has 5 rings (SSSR count). The number of phenols is 1. The highest BCUT2D eigenvalue weighted by Gasteiger charge is 2.32. The number of nitrogens with zero attached hydrogens (tertiary/aromatic N) is 2. The summed E-state index contributed by atoms with van der Waals surface area (Å²) >= 11 is 3.31. The minimum absolute atomic E-state index is 0.182. The van der Waals surface area contributed by atoms with Crippen LogP contribution in [-0.2, 0) is 4.79 Å². The van der Waals surface area contributed by atoms with Crippen molar-refractivity contribution in [3.05, 3.63) is 118 Å². The molecule has 0 fully saturated rings. The summed E-state index contributed by atoms with van der Waals surface area (Å²) in [6, 6.07) is 21.0. The summed E-state index contributed by atoms with van der Waals surface area (Å²) in [5.41, 5.74) is 2.83. The standard InChI is InChI=1S/C28H22IN3O4S/c1-16-24(26(34)31-19-8-4-3-5-9-19)25(18-7-6-10-20(15-18)36-2)32-27(35)23(37-28(32)30-16)14-17-11-12-22(33)21(29)13-17/h3-15,25,33H,1-2H3,(H,31,34). The molecule has 0 aliphatic carbocycles. The van der Waals surface area contributed by atoms with Crippen LogP contribution in [0.2, 0.25) is 0 Å². The number of para-hydroxylation sites is 1. The lowest BCUT2D eigenvalue weighted by Crippen LogP contribution is -2.40. The number of benzene rings is 3. The number of allylic oxidation sites excluding steroid dienone is 1. The molecular formula is C28H22IN3O4S. The SMILES string of the molecule is COc1cccc(C2C(C(=O)Nc3ccccc3)=C(C)N=c3sc(=Cc4ccc(O)c(I)c4)c(=O)n32)c1. The Balaban J connectivity index is 1.69. The van der Waals surface area contributed by atoms with Crippen LogP contribution in [0.1, 0.15) is 24.1 Å². The number of aromatic nitrogens is 1. The fourth-order valence-electron chi connectivity index (χ4n) is 4.22. The molecule has 0 spiro atoms. The van der Waals surface area contributed by atoms with E-state index in [1.165, 1.54) is 11.3 Å². The number of hydrogen-bond donors (Lipinski definition) is 2. The van der Waals surface area contributed by atoms with Crippen molar-refractivity contribution in [1.29, 1.82) is 0 Å². The monoisotopic (exact) mass is 623 g/mol. The van der Waals surface area contributed by atoms with Gasteiger partial charge in [0.2, 0.25) is 0 Å². The zero-order valence-corrected chi connectivity index (χ0v) is 22.9. The fourth-order valence-corrected chi connectivity index (χ4v) is 5.81. The van der Waals surface area contributed by atoms with Gasteiger partial charge in [0.15, 0.2) is 4.80 Å². The number of methoxy groups -OCH3 is 1. The first kappa shape index (κ1) is 25.0. The van der Waals surface area contributed by atoms with Crippen LogP contribution < -0.4 is 24.9 Å². The molecular weight excluding hydrogens is 601 g/mol. The van der Waals surface area contributed by atoms with Gasteiger partial charge in [-0.15, -0.1) is 0 Å². The van der Waals surface area contributed by atoms with Crippen molar-refractivity contribution in [3.8, 4) is 11.5 Å². The van der Waals surface area contributed by atoms with E-state index in [0.29, 0.717) is 35.6 Å². The molecule has 1 atom stereocenters. The lowest BCUT2D eigenvalue weighted by atomic mass is 9.95. The van der Waals surface area contributed by atoms with Crippen LogP contribution in [0.4, 0.5) is 5.69 Å². The number of carbonyl (C=O) groups is 1. The van der Waals surface area contributed by atoms with Crippen LogP contribution in [0.3, 0.4) is 0 Å². The Labute approximate surface area is 230 Å². The summed E-state index contributed by atoms with van der Waals surface area (Å²) in [6.07, 6.45) is 1.77. The van der Waals surface area contributed by atoms with E-state index in [-0.39, 0.29) is 17.2 Å². The van der Waals surface area contributed by atoms with Crippen molar-refractivity contribution in [2.45, 2.75) is 13.0 Å². The van der Waals surface area contributed by atoms with E-state index in [0.717, 1.165) is 11.1 Å². The van der Waals surface area contributed by atoms with Crippen LogP contribution in [0.15, 0.2) is 93.9 Å². The van der Waals surface area contributed by atoms with Gasteiger partial charge in [0, 0.05) is 5.69 Å². The minimum atomic E-state index is -0.697. The molecule has 7 nitrogen and oxygen atoms in total. The molecule has 0 radical (unpaired) electrons. The summed E-state index contributed by atoms with van der Waals surface area (Å²) < 4.78 is 8.17. The van der Waals surface area contributed by atoms with Crippen molar-refractivity contribution in [3.63, 3.8) is 0 Å². The molecule has 37 heavy (non-hydrogen) atoms. The number of amides is 1. The second kappa shape index (κ2) is 10.3. The van der Waals surface area contributed by atoms with E-state index in [9.17, 15) is 14.7 Å². The first-order valence-electron chi connectivity index (χ1n) is 11.4. The van der Waals surface area contributed by atoms with Crippen LogP contribution in [0.5, 0.6) is 11.5 Å². The van der Waals surface area contributed by atoms with Gasteiger partial charge in [-0.3, -0.25) is 14.2 Å². The molecule has 2 heterocycles. The summed E-state index contributed by atoms with van der Waals surface area (Å²) in [4.78, 5) is 32.6. The smallest absolute Gasteiger partial charge is 0.271 e. The van der Waals surface area contributed by atoms with Crippen LogP contribution >= 0.6 is 33.9 Å². The third-order valence-corrected chi connectivity index (χ3v) is 7.82. The molecule has 0 saturated carbocycles. The summed E-state index contributed by atoms with van der Waals surface area (Å²) in [5.74, 6) is 0.473. The number of thiazole rings is 1. The molecule has 3 aromatic carbocycles. The Kier molecular flexibility index (Phi) is 6.98. The zero-order valence-electron chi connectivity index (χ0n) is 19.9. The number of ether oxygens (including phenoxy) is 1. The third kappa shape index (κ3) is 4.96. The van der Waals surface area contributed by atoms with Gasteiger partial charge < -0.3 is 15.2 Å². The minimum Gasteiger partial charge on any atom is -0.507 e. The number of anilines is 1. The molecule has 4 aromatic rings. The van der Waals surface area contributed by atoms with Gasteiger partial charge in [-0.2, -0.15) is 0 Å². The van der Waals surface area contributed by atoms with E-state index >= 15 is 0 Å². The van der Waals surface area contributed by atoms with Crippen molar-refractivity contribution < 1.29 is 14.6 Å². The Morgan fingerprint density at radius 3 is 2.65 bits per heavy atom. The Hall–Kier alpha value is -3.70. The summed E-state index contributed by atoms with van der Waals surface area (Å²) in [5, 5.41) is 12.8. The van der Waals surface area contributed by atoms with Crippen LogP contribution in [0.25, 0.3) is 6.08 Å². The first-order chi connectivity index (χ1) is 17.9. The molecule has 2 N–H and O–H groups in total. The molecule has 1 aromatic heterocycles. The van der Waals surface area contributed by atoms with E-state index in [2.05, 4.69) is 10.3 Å². The highest BCUT2D eigenvalue weighted by Crippen LogP contribution is 2.32. The lowest BCUT2D eigenvalue weighted by molar-refractivity contribution is -0.113. The van der Waals surface area contributed by atoms with E-state index < -0.39 is 6.04 Å². The second-order valence-corrected chi connectivity index (χ2v) is 10.6. The van der Waals surface area contributed by atoms with Crippen LogP contribution in [0, 0.1) is 3.57 Å². The van der Waals surface area contributed by atoms with Crippen molar-refractivity contribution in [2.75, 3.05) is 12.4 Å². The van der Waals surface area contributed by atoms with Crippen molar-refractivity contribution >= 4 is 51.6 Å². The molecule has 186 valence electrons. The highest BCUT2D eigenvalue weighted by atomic mass is 127. The number of rotatable bonds is 5. The van der Waals surface area contributed by atoms with E-state index in [1.54, 1.807) is 42.9 Å². The maximum absolute atomic E-state index is 13.8. The van der Waals surface area contributed by atoms with Crippen LogP contribution in [-0.4, -0.2) is 22.7 Å². The van der Waals surface area contributed by atoms with E-state index in [1.807, 2.05) is 77.2 Å². The molecule has 1 aliphatic rings. The number of phenolic OH excluding ortho intramolecular Hbond substituents is 1. The lowest BCUT2D eigenvalue weighted by Gasteiger charge is -2.25. The molecule has 0 bridgehead atoms. The number of aromatic hydroxyl groups is 1. The summed E-state index contributed by atoms with van der Waals surface area (Å²) in [6.45, 7) is 1.78. The Bertz CT molecular complexity index is 1720. The van der Waals surface area contributed by atoms with Gasteiger partial charge in [0.25, 0.3) is 11.5 Å². The first-order valence-corrected chi connectivity index (χ1v) is 13.3. The van der Waals surface area contributed by atoms with Gasteiger partial charge in [0.1, 0.15) is 11.5 Å². The molecule has 1 aliphatic heterocycles. The van der Waals surface area contributed by atoms with E-state index in [4.69, 9.17) is 4.74 Å². The quantitative estimate of drug-likeness (QED) is 0.327. The van der Waals surface area contributed by atoms with Crippen molar-refractivity contribution in [2.24, 2.45) is 4.99 Å². The highest BCUT2D eigenvalue weighted by molar-refractivity contribution is 14.1. The number of halogens is 1. The number of nitrogens with one attached hydrogen (secondary N) is 1. The van der Waals surface area contributed by atoms with Gasteiger partial charge >= 0.3 is 0 Å².